The minimum absolute atomic E-state index is 0.243. The van der Waals surface area contributed by atoms with Crippen LogP contribution < -0.4 is 5.73 Å². The Morgan fingerprint density at radius 3 is 2.15 bits per heavy atom. The first-order valence-corrected chi connectivity index (χ1v) is 5.68. The van der Waals surface area contributed by atoms with E-state index in [0.717, 1.165) is 31.4 Å². The molecule has 2 nitrogen and oxygen atoms in total. The molecule has 0 aromatic heterocycles. The number of hydrogen-bond acceptors (Lipinski definition) is 2. The van der Waals surface area contributed by atoms with Crippen molar-refractivity contribution in [1.29, 1.82) is 0 Å². The van der Waals surface area contributed by atoms with Crippen LogP contribution in [0.3, 0.4) is 0 Å². The van der Waals surface area contributed by atoms with Crippen LogP contribution in [0.5, 0.6) is 0 Å². The number of ketones is 1. The summed E-state index contributed by atoms with van der Waals surface area (Å²) in [5, 5.41) is 0. The Morgan fingerprint density at radius 2 is 1.69 bits per heavy atom. The lowest BCUT2D eigenvalue weighted by Crippen LogP contribution is -2.45. The van der Waals surface area contributed by atoms with E-state index in [9.17, 15) is 4.79 Å². The second kappa shape index (κ2) is 3.12. The minimum Gasteiger partial charge on any atom is -0.400 e. The summed E-state index contributed by atoms with van der Waals surface area (Å²) in [6.07, 6.45) is 6.72. The summed E-state index contributed by atoms with van der Waals surface area (Å²) in [5.41, 5.74) is 6.45. The number of allylic oxidation sites excluding steroid dienone is 2. The molecule has 0 amide bonds. The van der Waals surface area contributed by atoms with E-state index in [0.29, 0.717) is 4.48 Å². The molecule has 13 heavy (non-hydrogen) atoms. The van der Waals surface area contributed by atoms with E-state index in [1.54, 1.807) is 0 Å². The third-order valence-corrected chi connectivity index (χ3v) is 4.13. The molecule has 1 spiro atoms. The van der Waals surface area contributed by atoms with Gasteiger partial charge in [0.2, 0.25) is 0 Å². The van der Waals surface area contributed by atoms with E-state index in [2.05, 4.69) is 15.9 Å². The average Bonchev–Trinajstić information content (AvgIpc) is 2.42. The van der Waals surface area contributed by atoms with Gasteiger partial charge in [-0.2, -0.15) is 0 Å². The fraction of sp³-hybridized carbons (Fsp3) is 0.700. The predicted octanol–water partition coefficient (Wildman–Crippen LogP) is 2.47. The van der Waals surface area contributed by atoms with E-state index in [4.69, 9.17) is 5.73 Å². The van der Waals surface area contributed by atoms with Crippen molar-refractivity contribution in [3.05, 3.63) is 10.2 Å². The number of nitrogens with two attached hydrogens (primary N) is 1. The quantitative estimate of drug-likeness (QED) is 0.711. The zero-order valence-corrected chi connectivity index (χ0v) is 9.19. The van der Waals surface area contributed by atoms with Crippen molar-refractivity contribution in [2.75, 3.05) is 0 Å². The summed E-state index contributed by atoms with van der Waals surface area (Å²) in [4.78, 5) is 11.7. The van der Waals surface area contributed by atoms with Gasteiger partial charge in [0.05, 0.1) is 9.90 Å². The molecule has 0 aromatic carbocycles. The predicted molar refractivity (Wildman–Crippen MR) is 55.3 cm³/mol. The molecule has 0 unspecified atom stereocenters. The molecule has 0 radical (unpaired) electrons. The van der Waals surface area contributed by atoms with Gasteiger partial charge in [-0.05, 0) is 28.8 Å². The third kappa shape index (κ3) is 1.17. The average molecular weight is 244 g/mol. The zero-order chi connectivity index (χ0) is 9.47. The number of Topliss-reactive ketones (excluding diaryl/α,β-unsaturated/α-hetero) is 1. The first-order valence-electron chi connectivity index (χ1n) is 4.89. The number of carbonyl (C=O) groups excluding carboxylic acids is 1. The van der Waals surface area contributed by atoms with Crippen LogP contribution in [0.1, 0.15) is 38.5 Å². The molecule has 0 aliphatic heterocycles. The van der Waals surface area contributed by atoms with E-state index < -0.39 is 0 Å². The first kappa shape index (κ1) is 9.25. The highest BCUT2D eigenvalue weighted by atomic mass is 79.9. The highest BCUT2D eigenvalue weighted by Crippen LogP contribution is 2.51. The summed E-state index contributed by atoms with van der Waals surface area (Å²) >= 11 is 3.23. The molecule has 2 aliphatic carbocycles. The van der Waals surface area contributed by atoms with Crippen molar-refractivity contribution in [3.63, 3.8) is 0 Å². The van der Waals surface area contributed by atoms with Crippen LogP contribution in [0.15, 0.2) is 10.2 Å². The molecule has 0 atom stereocenters. The maximum absolute atomic E-state index is 11.7. The lowest BCUT2D eigenvalue weighted by molar-refractivity contribution is -0.125. The van der Waals surface area contributed by atoms with Crippen molar-refractivity contribution in [3.8, 4) is 0 Å². The minimum atomic E-state index is -0.255. The van der Waals surface area contributed by atoms with Crippen molar-refractivity contribution >= 4 is 21.7 Å². The van der Waals surface area contributed by atoms with Crippen molar-refractivity contribution in [2.24, 2.45) is 11.1 Å². The van der Waals surface area contributed by atoms with Crippen LogP contribution in [-0.4, -0.2) is 5.78 Å². The summed E-state index contributed by atoms with van der Waals surface area (Å²) in [6.45, 7) is 0. The fourth-order valence-corrected chi connectivity index (χ4v) is 3.19. The topological polar surface area (TPSA) is 43.1 Å². The Kier molecular flexibility index (Phi) is 2.22. The second-order valence-corrected chi connectivity index (χ2v) is 4.85. The Balaban J connectivity index is 2.26. The SMILES string of the molecule is NC1=C(Br)C(=O)C12CCCCCC2. The molecule has 0 aromatic rings. The summed E-state index contributed by atoms with van der Waals surface area (Å²) in [7, 11) is 0. The molecular formula is C10H14BrNO. The van der Waals surface area contributed by atoms with Gasteiger partial charge < -0.3 is 5.73 Å². The number of hydrogen-bond donors (Lipinski definition) is 1. The van der Waals surface area contributed by atoms with Crippen molar-refractivity contribution in [1.82, 2.24) is 0 Å². The smallest absolute Gasteiger partial charge is 0.183 e. The molecule has 0 bridgehead atoms. The molecule has 2 rings (SSSR count). The molecular weight excluding hydrogens is 230 g/mol. The molecule has 0 heterocycles. The van der Waals surface area contributed by atoms with Crippen LogP contribution in [0.2, 0.25) is 0 Å². The molecule has 2 N–H and O–H groups in total. The Bertz CT molecular complexity index is 275. The highest BCUT2D eigenvalue weighted by Gasteiger charge is 2.51. The van der Waals surface area contributed by atoms with Gasteiger partial charge >= 0.3 is 0 Å². The zero-order valence-electron chi connectivity index (χ0n) is 7.61. The van der Waals surface area contributed by atoms with Gasteiger partial charge in [0, 0.05) is 5.70 Å². The van der Waals surface area contributed by atoms with Crippen LogP contribution in [0.25, 0.3) is 0 Å². The van der Waals surface area contributed by atoms with Crippen LogP contribution in [-0.2, 0) is 4.79 Å². The highest BCUT2D eigenvalue weighted by molar-refractivity contribution is 9.12. The molecule has 1 fully saturated rings. The Morgan fingerprint density at radius 1 is 1.15 bits per heavy atom. The van der Waals surface area contributed by atoms with Crippen molar-refractivity contribution in [2.45, 2.75) is 38.5 Å². The van der Waals surface area contributed by atoms with E-state index in [1.165, 1.54) is 12.8 Å². The molecule has 3 heteroatoms. The third-order valence-electron chi connectivity index (χ3n) is 3.34. The number of carbonyl (C=O) groups is 1. The van der Waals surface area contributed by atoms with Gasteiger partial charge in [-0.25, -0.2) is 0 Å². The number of halogens is 1. The monoisotopic (exact) mass is 243 g/mol. The van der Waals surface area contributed by atoms with Crippen LogP contribution in [0, 0.1) is 5.41 Å². The normalized spacial score (nSPS) is 27.3. The van der Waals surface area contributed by atoms with Crippen LogP contribution >= 0.6 is 15.9 Å². The maximum Gasteiger partial charge on any atom is 0.183 e. The van der Waals surface area contributed by atoms with E-state index in [1.807, 2.05) is 0 Å². The standard InChI is InChI=1S/C10H14BrNO/c11-7-8(12)10(9(7)13)5-3-1-2-4-6-10/h1-6,12H2. The first-order chi connectivity index (χ1) is 6.18. The summed E-state index contributed by atoms with van der Waals surface area (Å²) in [6, 6.07) is 0. The van der Waals surface area contributed by atoms with Gasteiger partial charge in [-0.1, -0.05) is 25.7 Å². The molecule has 0 saturated heterocycles. The summed E-state index contributed by atoms with van der Waals surface area (Å²) < 4.78 is 0.634. The second-order valence-electron chi connectivity index (χ2n) is 4.05. The Hall–Kier alpha value is -0.310. The van der Waals surface area contributed by atoms with Crippen LogP contribution in [0.4, 0.5) is 0 Å². The molecule has 1 saturated carbocycles. The van der Waals surface area contributed by atoms with E-state index >= 15 is 0 Å². The van der Waals surface area contributed by atoms with E-state index in [-0.39, 0.29) is 11.2 Å². The summed E-state index contributed by atoms with van der Waals surface area (Å²) in [5.74, 6) is 0.243. The lowest BCUT2D eigenvalue weighted by atomic mass is 9.66. The number of rotatable bonds is 0. The largest absolute Gasteiger partial charge is 0.400 e. The fourth-order valence-electron chi connectivity index (χ4n) is 2.43. The van der Waals surface area contributed by atoms with Gasteiger partial charge in [0.25, 0.3) is 0 Å². The Labute approximate surface area is 86.7 Å². The maximum atomic E-state index is 11.7. The molecule has 2 aliphatic rings. The van der Waals surface area contributed by atoms with Crippen molar-refractivity contribution < 1.29 is 4.79 Å². The molecule has 72 valence electrons. The van der Waals surface area contributed by atoms with Gasteiger partial charge in [-0.15, -0.1) is 0 Å². The lowest BCUT2D eigenvalue weighted by Gasteiger charge is -2.39. The van der Waals surface area contributed by atoms with Gasteiger partial charge in [-0.3, -0.25) is 4.79 Å². The van der Waals surface area contributed by atoms with Gasteiger partial charge in [0.1, 0.15) is 0 Å². The van der Waals surface area contributed by atoms with Gasteiger partial charge in [0.15, 0.2) is 5.78 Å².